The summed E-state index contributed by atoms with van der Waals surface area (Å²) in [6.07, 6.45) is 6.09. The van der Waals surface area contributed by atoms with Gasteiger partial charge in [0.15, 0.2) is 10.7 Å². The molecule has 3 nitrogen and oxygen atoms in total. The fraction of sp³-hybridized carbons (Fsp3) is 0.500. The minimum absolute atomic E-state index is 0.391. The van der Waals surface area contributed by atoms with Crippen molar-refractivity contribution < 1.29 is 13.2 Å². The summed E-state index contributed by atoms with van der Waals surface area (Å²) >= 11 is 0. The first-order valence-corrected chi connectivity index (χ1v) is 7.50. The van der Waals surface area contributed by atoms with Gasteiger partial charge in [0.25, 0.3) is 0 Å². The second-order valence-corrected chi connectivity index (χ2v) is 5.22. The molecule has 0 aromatic heterocycles. The van der Waals surface area contributed by atoms with Crippen molar-refractivity contribution in [2.24, 2.45) is 0 Å². The van der Waals surface area contributed by atoms with Crippen LogP contribution in [0, 0.1) is 6.42 Å². The van der Waals surface area contributed by atoms with Crippen molar-refractivity contribution in [3.05, 3.63) is 36.2 Å². The molecule has 0 aliphatic heterocycles. The number of hydrogen-bond donors (Lipinski definition) is 1. The number of unbranched alkanes of at least 4 members (excludes halogenated alkanes) is 2. The fourth-order valence-corrected chi connectivity index (χ4v) is 2.17. The summed E-state index contributed by atoms with van der Waals surface area (Å²) in [6.45, 7) is 3.59. The van der Waals surface area contributed by atoms with Gasteiger partial charge in [0.1, 0.15) is 0 Å². The Labute approximate surface area is 111 Å². The van der Waals surface area contributed by atoms with Gasteiger partial charge in [-0.05, 0) is 49.8 Å². The monoisotopic (exact) mass is 269 g/mol. The number of rotatable bonds is 9. The molecule has 1 aromatic rings. The molecule has 0 unspecified atom stereocenters. The predicted octanol–water partition coefficient (Wildman–Crippen LogP) is 2.61. The third-order valence-electron chi connectivity index (χ3n) is 2.66. The Bertz CT molecular complexity index is 405. The lowest BCUT2D eigenvalue weighted by Gasteiger charge is -2.04. The minimum Gasteiger partial charge on any atom is -0.381 e. The van der Waals surface area contributed by atoms with E-state index in [0.717, 1.165) is 44.5 Å². The molecule has 0 aliphatic carbocycles. The van der Waals surface area contributed by atoms with Crippen molar-refractivity contribution >= 4 is 10.7 Å². The van der Waals surface area contributed by atoms with Gasteiger partial charge in [0.2, 0.25) is 0 Å². The molecule has 0 spiro atoms. The molecule has 1 rings (SSSR count). The van der Waals surface area contributed by atoms with Gasteiger partial charge in [0, 0.05) is 13.2 Å². The van der Waals surface area contributed by atoms with Crippen LogP contribution in [0.2, 0.25) is 0 Å². The van der Waals surface area contributed by atoms with E-state index >= 15 is 0 Å². The largest absolute Gasteiger partial charge is 0.381 e. The Morgan fingerprint density at radius 3 is 2.72 bits per heavy atom. The molecule has 0 aliphatic rings. The smallest absolute Gasteiger partial charge is 0.168 e. The van der Waals surface area contributed by atoms with Gasteiger partial charge in [-0.15, -0.1) is 0 Å². The van der Waals surface area contributed by atoms with E-state index < -0.39 is 10.7 Å². The predicted molar refractivity (Wildman–Crippen MR) is 73.4 cm³/mol. The number of ether oxygens (including phenoxy) is 1. The quantitative estimate of drug-likeness (QED) is 0.553. The van der Waals surface area contributed by atoms with Gasteiger partial charge >= 0.3 is 0 Å². The summed E-state index contributed by atoms with van der Waals surface area (Å²) in [5, 5.41) is 0. The number of aryl methyl sites for hydroxylation is 1. The molecule has 0 atom stereocenters. The van der Waals surface area contributed by atoms with Crippen molar-refractivity contribution in [1.29, 1.82) is 0 Å². The van der Waals surface area contributed by atoms with Crippen LogP contribution >= 0.6 is 0 Å². The van der Waals surface area contributed by atoms with Crippen LogP contribution in [-0.2, 0) is 21.9 Å². The summed E-state index contributed by atoms with van der Waals surface area (Å²) < 4.78 is 27.2. The van der Waals surface area contributed by atoms with Gasteiger partial charge in [0.05, 0.1) is 4.90 Å². The van der Waals surface area contributed by atoms with Gasteiger partial charge in [-0.1, -0.05) is 19.1 Å². The highest BCUT2D eigenvalue weighted by molar-refractivity contribution is 7.72. The van der Waals surface area contributed by atoms with Crippen LogP contribution in [-0.4, -0.2) is 21.6 Å². The molecule has 101 valence electrons. The average Bonchev–Trinajstić information content (AvgIpc) is 2.38. The highest BCUT2D eigenvalue weighted by Crippen LogP contribution is 2.08. The molecule has 18 heavy (non-hydrogen) atoms. The van der Waals surface area contributed by atoms with Crippen molar-refractivity contribution in [2.45, 2.75) is 37.5 Å². The number of benzene rings is 1. The van der Waals surface area contributed by atoms with Gasteiger partial charge < -0.3 is 4.74 Å². The molecule has 0 N–H and O–H groups in total. The van der Waals surface area contributed by atoms with E-state index in [9.17, 15) is 8.42 Å². The Morgan fingerprint density at radius 1 is 1.22 bits per heavy atom. The Hall–Kier alpha value is -0.870. The van der Waals surface area contributed by atoms with Gasteiger partial charge in [-0.2, -0.15) is 0 Å². The van der Waals surface area contributed by atoms with Crippen LogP contribution in [0.15, 0.2) is 29.2 Å². The average molecular weight is 269 g/mol. The first-order valence-electron chi connectivity index (χ1n) is 6.33. The van der Waals surface area contributed by atoms with Crippen molar-refractivity contribution in [2.75, 3.05) is 13.2 Å². The topological polar surface area (TPSA) is 43.4 Å². The lowest BCUT2D eigenvalue weighted by molar-refractivity contribution is 0.129. The normalized spacial score (nSPS) is 11.0. The summed E-state index contributed by atoms with van der Waals surface area (Å²) in [6, 6.07) is 7.09. The zero-order valence-electron chi connectivity index (χ0n) is 10.8. The van der Waals surface area contributed by atoms with E-state index in [1.54, 1.807) is 18.2 Å². The standard InChI is InChI=1S/C14H21O3S/c1-2-3-4-10-17-11-6-8-13-7-5-9-14(12-13)18(15)16/h2,5,7,9,12,18H,3-4,6,8,10-11H2,1H3. The molecular formula is C14H21O3S. The second-order valence-electron chi connectivity index (χ2n) is 4.19. The van der Waals surface area contributed by atoms with Crippen LogP contribution in [0.3, 0.4) is 0 Å². The van der Waals surface area contributed by atoms with E-state index in [1.807, 2.05) is 13.0 Å². The lowest BCUT2D eigenvalue weighted by atomic mass is 10.1. The van der Waals surface area contributed by atoms with Gasteiger partial charge in [-0.3, -0.25) is 0 Å². The lowest BCUT2D eigenvalue weighted by Crippen LogP contribution is -1.99. The first-order chi connectivity index (χ1) is 8.74. The first kappa shape index (κ1) is 15.2. The van der Waals surface area contributed by atoms with E-state index in [0.29, 0.717) is 4.90 Å². The third kappa shape index (κ3) is 6.17. The highest BCUT2D eigenvalue weighted by Gasteiger charge is 1.98. The van der Waals surface area contributed by atoms with Crippen molar-refractivity contribution in [1.82, 2.24) is 0 Å². The molecule has 1 radical (unpaired) electrons. The number of thiol groups is 1. The Kier molecular flexibility index (Phi) is 7.69. The molecule has 0 fully saturated rings. The highest BCUT2D eigenvalue weighted by atomic mass is 32.2. The second kappa shape index (κ2) is 9.11. The summed E-state index contributed by atoms with van der Waals surface area (Å²) in [4.78, 5) is 0.391. The zero-order valence-corrected chi connectivity index (χ0v) is 11.7. The molecule has 0 saturated heterocycles. The van der Waals surface area contributed by atoms with E-state index in [4.69, 9.17) is 4.74 Å². The molecule has 4 heteroatoms. The Morgan fingerprint density at radius 2 is 2.00 bits per heavy atom. The summed E-state index contributed by atoms with van der Waals surface area (Å²) in [5.41, 5.74) is 1.05. The maximum atomic E-state index is 10.8. The molecule has 0 saturated carbocycles. The maximum absolute atomic E-state index is 10.8. The maximum Gasteiger partial charge on any atom is 0.168 e. The van der Waals surface area contributed by atoms with Crippen LogP contribution in [0.1, 0.15) is 31.7 Å². The summed E-state index contributed by atoms with van der Waals surface area (Å²) in [7, 11) is -2.48. The molecule has 0 amide bonds. The molecule has 0 heterocycles. The van der Waals surface area contributed by atoms with Crippen LogP contribution in [0.25, 0.3) is 0 Å². The number of hydrogen-bond acceptors (Lipinski definition) is 3. The fourth-order valence-electron chi connectivity index (χ4n) is 1.70. The minimum atomic E-state index is -2.48. The van der Waals surface area contributed by atoms with Crippen molar-refractivity contribution in [3.63, 3.8) is 0 Å². The molecule has 1 aromatic carbocycles. The molecular weight excluding hydrogens is 248 g/mol. The van der Waals surface area contributed by atoms with E-state index in [1.165, 1.54) is 0 Å². The molecule has 0 bridgehead atoms. The van der Waals surface area contributed by atoms with Crippen molar-refractivity contribution in [3.8, 4) is 0 Å². The van der Waals surface area contributed by atoms with Gasteiger partial charge in [-0.25, -0.2) is 8.42 Å². The van der Waals surface area contributed by atoms with Crippen LogP contribution < -0.4 is 0 Å². The summed E-state index contributed by atoms with van der Waals surface area (Å²) in [5.74, 6) is 0. The van der Waals surface area contributed by atoms with E-state index in [2.05, 4.69) is 6.42 Å². The zero-order chi connectivity index (χ0) is 13.2. The van der Waals surface area contributed by atoms with E-state index in [-0.39, 0.29) is 0 Å². The third-order valence-corrected chi connectivity index (χ3v) is 3.36. The van der Waals surface area contributed by atoms with Crippen LogP contribution in [0.4, 0.5) is 0 Å². The SMILES string of the molecule is C[CH]CCCOCCCc1cccc([SH](=O)=O)c1. The van der Waals surface area contributed by atoms with Crippen LogP contribution in [0.5, 0.6) is 0 Å². The Balaban J connectivity index is 2.21.